The van der Waals surface area contributed by atoms with Crippen LogP contribution in [0.1, 0.15) is 13.8 Å². The maximum absolute atomic E-state index is 5.98. The van der Waals surface area contributed by atoms with Crippen molar-refractivity contribution in [2.45, 2.75) is 18.6 Å². The Bertz CT molecular complexity index is 275. The van der Waals surface area contributed by atoms with Gasteiger partial charge in [0, 0.05) is 0 Å². The SMILES string of the molecule is CC[O][Ti]([CH2]CN)([O]CC)[c]1ccccc1. The summed E-state index contributed by atoms with van der Waals surface area (Å²) < 4.78 is 14.0. The van der Waals surface area contributed by atoms with Crippen molar-refractivity contribution in [1.82, 2.24) is 0 Å². The molecule has 0 heterocycles. The molecule has 2 N–H and O–H groups in total. The summed E-state index contributed by atoms with van der Waals surface area (Å²) in [5.41, 5.74) is 5.70. The standard InChI is InChI=1S/C6H5.C2H6N.2C2H5O.Ti/c1-2-4-6-5-3-1;3*1-2-3;/h1-5H;1-3H2;2*2H2,1H3;/q;;2*-1;+2. The second kappa shape index (κ2) is 7.20. The van der Waals surface area contributed by atoms with E-state index in [4.69, 9.17) is 12.4 Å². The molecule has 3 nitrogen and oxygen atoms in total. The van der Waals surface area contributed by atoms with E-state index in [1.807, 2.05) is 32.0 Å². The zero-order chi connectivity index (χ0) is 11.9. The van der Waals surface area contributed by atoms with Crippen LogP contribution in [-0.2, 0) is 24.0 Å². The van der Waals surface area contributed by atoms with Crippen molar-refractivity contribution < 1.29 is 24.0 Å². The van der Waals surface area contributed by atoms with Gasteiger partial charge in [-0.05, 0) is 0 Å². The number of rotatable bonds is 7. The van der Waals surface area contributed by atoms with E-state index in [-0.39, 0.29) is 0 Å². The van der Waals surface area contributed by atoms with E-state index in [2.05, 4.69) is 12.1 Å². The fourth-order valence-electron chi connectivity index (χ4n) is 1.85. The Balaban J connectivity index is 2.99. The molecule has 0 bridgehead atoms. The fraction of sp³-hybridized carbons (Fsp3) is 0.500. The molecule has 0 saturated carbocycles. The molecule has 1 aromatic carbocycles. The fourth-order valence-corrected chi connectivity index (χ4v) is 6.54. The Kier molecular flexibility index (Phi) is 6.25. The van der Waals surface area contributed by atoms with Gasteiger partial charge in [0.2, 0.25) is 0 Å². The van der Waals surface area contributed by atoms with E-state index in [0.29, 0.717) is 19.8 Å². The summed E-state index contributed by atoms with van der Waals surface area (Å²) in [6, 6.07) is 10.3. The van der Waals surface area contributed by atoms with Crippen LogP contribution >= 0.6 is 0 Å². The molecule has 0 aliphatic rings. The predicted octanol–water partition coefficient (Wildman–Crippen LogP) is 1.75. The van der Waals surface area contributed by atoms with Gasteiger partial charge in [-0.15, -0.1) is 0 Å². The quantitative estimate of drug-likeness (QED) is 0.759. The Morgan fingerprint density at radius 3 is 2.06 bits per heavy atom. The molecule has 0 aliphatic heterocycles. The van der Waals surface area contributed by atoms with Crippen LogP contribution in [0.15, 0.2) is 30.3 Å². The first-order valence-electron chi connectivity index (χ1n) is 5.82. The normalized spacial score (nSPS) is 11.7. The zero-order valence-electron chi connectivity index (χ0n) is 10.1. The average Bonchev–Trinajstić information content (AvgIpc) is 2.31. The first kappa shape index (κ1) is 13.9. The van der Waals surface area contributed by atoms with Gasteiger partial charge in [0.1, 0.15) is 0 Å². The summed E-state index contributed by atoms with van der Waals surface area (Å²) in [5, 5.41) is 0. The van der Waals surface area contributed by atoms with Crippen molar-refractivity contribution in [2.75, 3.05) is 19.8 Å². The summed E-state index contributed by atoms with van der Waals surface area (Å²) >= 11 is -2.86. The van der Waals surface area contributed by atoms with Crippen molar-refractivity contribution in [2.24, 2.45) is 5.73 Å². The third kappa shape index (κ3) is 3.40. The molecule has 0 unspecified atom stereocenters. The second-order valence-corrected chi connectivity index (χ2v) is 8.46. The van der Waals surface area contributed by atoms with Gasteiger partial charge < -0.3 is 0 Å². The summed E-state index contributed by atoms with van der Waals surface area (Å²) in [4.78, 5) is 0. The molecule has 16 heavy (non-hydrogen) atoms. The first-order valence-corrected chi connectivity index (χ1v) is 8.98. The van der Waals surface area contributed by atoms with E-state index in [0.717, 1.165) is 4.73 Å². The van der Waals surface area contributed by atoms with Gasteiger partial charge in [-0.25, -0.2) is 0 Å². The van der Waals surface area contributed by atoms with E-state index in [1.165, 1.54) is 3.87 Å². The summed E-state index contributed by atoms with van der Waals surface area (Å²) in [6.45, 7) is 6.02. The molecule has 0 amide bonds. The van der Waals surface area contributed by atoms with Crippen LogP contribution in [0.4, 0.5) is 0 Å². The molecule has 0 fully saturated rings. The second-order valence-electron chi connectivity index (χ2n) is 3.52. The number of nitrogens with two attached hydrogens (primary N) is 1. The Hall–Kier alpha value is -0.186. The summed E-state index contributed by atoms with van der Waals surface area (Å²) in [6.07, 6.45) is 0. The molecular formula is C12H21NO2Ti. The van der Waals surface area contributed by atoms with E-state index >= 15 is 0 Å². The van der Waals surface area contributed by atoms with Crippen LogP contribution in [0, 0.1) is 0 Å². The van der Waals surface area contributed by atoms with Gasteiger partial charge in [0.25, 0.3) is 0 Å². The van der Waals surface area contributed by atoms with Crippen molar-refractivity contribution in [3.63, 3.8) is 0 Å². The van der Waals surface area contributed by atoms with Crippen LogP contribution in [0.5, 0.6) is 0 Å². The number of benzene rings is 1. The average molecular weight is 259 g/mol. The van der Waals surface area contributed by atoms with Crippen LogP contribution in [0.25, 0.3) is 0 Å². The van der Waals surface area contributed by atoms with Crippen LogP contribution < -0.4 is 9.60 Å². The van der Waals surface area contributed by atoms with Crippen LogP contribution in [0.3, 0.4) is 0 Å². The molecule has 0 aromatic heterocycles. The minimum atomic E-state index is -2.86. The Labute approximate surface area is 102 Å². The molecule has 0 spiro atoms. The first-order chi connectivity index (χ1) is 7.79. The molecule has 0 radical (unpaired) electrons. The molecule has 0 atom stereocenters. The third-order valence-corrected chi connectivity index (χ3v) is 8.17. The molecule has 0 aliphatic carbocycles. The Morgan fingerprint density at radius 2 is 1.62 bits per heavy atom. The van der Waals surface area contributed by atoms with Crippen molar-refractivity contribution in [1.29, 1.82) is 0 Å². The molecule has 1 rings (SSSR count). The van der Waals surface area contributed by atoms with E-state index < -0.39 is 17.4 Å². The molecule has 4 heteroatoms. The maximum atomic E-state index is 5.98. The number of hydrogen-bond acceptors (Lipinski definition) is 3. The molecule has 1 aromatic rings. The van der Waals surface area contributed by atoms with Gasteiger partial charge in [0.15, 0.2) is 0 Å². The molecular weight excluding hydrogens is 238 g/mol. The van der Waals surface area contributed by atoms with Crippen LogP contribution in [0.2, 0.25) is 4.73 Å². The van der Waals surface area contributed by atoms with Gasteiger partial charge in [0.05, 0.1) is 0 Å². The summed E-state index contributed by atoms with van der Waals surface area (Å²) in [5.74, 6) is 0. The zero-order valence-corrected chi connectivity index (χ0v) is 11.7. The minimum absolute atomic E-state index is 0.620. The van der Waals surface area contributed by atoms with Crippen LogP contribution in [-0.4, -0.2) is 19.8 Å². The number of hydrogen-bond donors (Lipinski definition) is 1. The van der Waals surface area contributed by atoms with Gasteiger partial charge in [-0.3, -0.25) is 0 Å². The molecule has 0 saturated heterocycles. The van der Waals surface area contributed by atoms with Crippen molar-refractivity contribution in [3.8, 4) is 0 Å². The topological polar surface area (TPSA) is 44.5 Å². The van der Waals surface area contributed by atoms with Gasteiger partial charge in [-0.1, -0.05) is 0 Å². The predicted molar refractivity (Wildman–Crippen MR) is 63.2 cm³/mol. The summed E-state index contributed by atoms with van der Waals surface area (Å²) in [7, 11) is 0. The molecule has 90 valence electrons. The van der Waals surface area contributed by atoms with E-state index in [9.17, 15) is 0 Å². The Morgan fingerprint density at radius 1 is 1.06 bits per heavy atom. The monoisotopic (exact) mass is 259 g/mol. The van der Waals surface area contributed by atoms with E-state index in [1.54, 1.807) is 0 Å². The van der Waals surface area contributed by atoms with Crippen molar-refractivity contribution in [3.05, 3.63) is 30.3 Å². The third-order valence-electron chi connectivity index (χ3n) is 2.44. The van der Waals surface area contributed by atoms with Crippen molar-refractivity contribution >= 4 is 3.87 Å². The van der Waals surface area contributed by atoms with Gasteiger partial charge >= 0.3 is 102 Å². The van der Waals surface area contributed by atoms with Gasteiger partial charge in [-0.2, -0.15) is 0 Å².